The van der Waals surface area contributed by atoms with Crippen molar-refractivity contribution in [2.75, 3.05) is 6.54 Å². The molecule has 0 spiro atoms. The summed E-state index contributed by atoms with van der Waals surface area (Å²) < 4.78 is 39.5. The minimum Gasteiger partial charge on any atom is -0.336 e. The first-order valence-corrected chi connectivity index (χ1v) is 7.75. The zero-order valence-electron chi connectivity index (χ0n) is 12.7. The van der Waals surface area contributed by atoms with Crippen LogP contribution >= 0.6 is 0 Å². The van der Waals surface area contributed by atoms with Gasteiger partial charge < -0.3 is 10.2 Å². The van der Waals surface area contributed by atoms with Crippen LogP contribution in [0.5, 0.6) is 0 Å². The molecule has 1 N–H and O–H groups in total. The van der Waals surface area contributed by atoms with E-state index in [1.807, 2.05) is 6.07 Å². The largest absolute Gasteiger partial charge is 0.403 e. The molecule has 0 bridgehead atoms. The molecular formula is C15H18F3N3O2. The Balaban J connectivity index is 1.77. The second-order valence-corrected chi connectivity index (χ2v) is 7.08. The van der Waals surface area contributed by atoms with Crippen molar-refractivity contribution < 1.29 is 22.8 Å². The number of carbonyl (C=O) groups excluding carboxylic acids is 2. The summed E-state index contributed by atoms with van der Waals surface area (Å²) in [4.78, 5) is 25.9. The lowest BCUT2D eigenvalue weighted by Gasteiger charge is -2.29. The molecule has 8 heteroatoms. The fraction of sp³-hybridized carbons (Fsp3) is 0.800. The molecule has 0 radical (unpaired) electrons. The highest BCUT2D eigenvalue weighted by Crippen LogP contribution is 2.59. The smallest absolute Gasteiger partial charge is 0.336 e. The summed E-state index contributed by atoms with van der Waals surface area (Å²) >= 11 is 0. The van der Waals surface area contributed by atoms with Gasteiger partial charge in [-0.1, -0.05) is 6.92 Å². The number of carbonyl (C=O) groups is 2. The van der Waals surface area contributed by atoms with Crippen LogP contribution in [0.4, 0.5) is 13.2 Å². The second-order valence-electron chi connectivity index (χ2n) is 7.08. The minimum atomic E-state index is -4.58. The van der Waals surface area contributed by atoms with Crippen LogP contribution in [0.2, 0.25) is 0 Å². The molecule has 2 atom stereocenters. The van der Waals surface area contributed by atoms with Crippen LogP contribution in [-0.2, 0) is 9.59 Å². The number of likely N-dealkylation sites (tertiary alicyclic amines) is 1. The summed E-state index contributed by atoms with van der Waals surface area (Å²) in [5, 5.41) is 11.6. The van der Waals surface area contributed by atoms with Crippen molar-refractivity contribution in [3.8, 4) is 6.07 Å². The van der Waals surface area contributed by atoms with Crippen LogP contribution in [0.3, 0.4) is 0 Å². The zero-order valence-corrected chi connectivity index (χ0v) is 12.7. The third-order valence-electron chi connectivity index (χ3n) is 5.10. The Kier molecular flexibility index (Phi) is 3.40. The van der Waals surface area contributed by atoms with Gasteiger partial charge in [-0.2, -0.15) is 18.4 Å². The van der Waals surface area contributed by atoms with E-state index in [0.717, 1.165) is 4.90 Å². The summed E-state index contributed by atoms with van der Waals surface area (Å²) in [5.41, 5.74) is -3.19. The van der Waals surface area contributed by atoms with E-state index in [1.54, 1.807) is 6.92 Å². The summed E-state index contributed by atoms with van der Waals surface area (Å²) in [5.74, 6) is -1.55. The van der Waals surface area contributed by atoms with E-state index >= 15 is 0 Å². The van der Waals surface area contributed by atoms with Gasteiger partial charge >= 0.3 is 6.18 Å². The SMILES string of the molecule is CC1C[C@@H](C(=O)NC2(C#N)CC2)N(C(=O)C2(C(F)(F)F)CC2)C1. The number of hydrogen-bond acceptors (Lipinski definition) is 3. The van der Waals surface area contributed by atoms with Crippen LogP contribution in [0.15, 0.2) is 0 Å². The molecule has 3 rings (SSSR count). The number of alkyl halides is 3. The average molecular weight is 329 g/mol. The number of halogens is 3. The maximum Gasteiger partial charge on any atom is 0.403 e. The molecule has 0 aromatic heterocycles. The Morgan fingerprint density at radius 3 is 2.30 bits per heavy atom. The Morgan fingerprint density at radius 1 is 1.26 bits per heavy atom. The molecule has 5 nitrogen and oxygen atoms in total. The first-order chi connectivity index (χ1) is 10.6. The Labute approximate surface area is 131 Å². The number of nitriles is 1. The number of rotatable bonds is 3. The lowest BCUT2D eigenvalue weighted by Crippen LogP contribution is -2.53. The van der Waals surface area contributed by atoms with Crippen molar-refractivity contribution in [1.82, 2.24) is 10.2 Å². The van der Waals surface area contributed by atoms with Gasteiger partial charge in [-0.3, -0.25) is 9.59 Å². The molecule has 1 saturated heterocycles. The van der Waals surface area contributed by atoms with Gasteiger partial charge in [0.05, 0.1) is 6.07 Å². The molecule has 1 heterocycles. The van der Waals surface area contributed by atoms with Crippen molar-refractivity contribution in [2.24, 2.45) is 11.3 Å². The van der Waals surface area contributed by atoms with Gasteiger partial charge in [-0.05, 0) is 38.0 Å². The highest BCUT2D eigenvalue weighted by molar-refractivity contribution is 5.93. The maximum absolute atomic E-state index is 13.2. The monoisotopic (exact) mass is 329 g/mol. The quantitative estimate of drug-likeness (QED) is 0.857. The van der Waals surface area contributed by atoms with Gasteiger partial charge in [0.2, 0.25) is 11.8 Å². The molecule has 2 amide bonds. The molecule has 1 unspecified atom stereocenters. The Morgan fingerprint density at radius 2 is 1.87 bits per heavy atom. The van der Waals surface area contributed by atoms with E-state index in [0.29, 0.717) is 19.3 Å². The fourth-order valence-corrected chi connectivity index (χ4v) is 3.25. The van der Waals surface area contributed by atoms with Crippen LogP contribution in [0, 0.1) is 22.7 Å². The number of hydrogen-bond donors (Lipinski definition) is 1. The van der Waals surface area contributed by atoms with Gasteiger partial charge in [-0.25, -0.2) is 0 Å². The second kappa shape index (κ2) is 4.86. The van der Waals surface area contributed by atoms with Crippen molar-refractivity contribution in [3.63, 3.8) is 0 Å². The topological polar surface area (TPSA) is 73.2 Å². The number of amides is 2. The Hall–Kier alpha value is -1.78. The van der Waals surface area contributed by atoms with E-state index < -0.39 is 35.0 Å². The molecule has 2 saturated carbocycles. The summed E-state index contributed by atoms with van der Waals surface area (Å²) in [6.45, 7) is 1.95. The first kappa shape index (κ1) is 16.1. The van der Waals surface area contributed by atoms with E-state index in [1.165, 1.54) is 0 Å². The number of nitrogens with zero attached hydrogens (tertiary/aromatic N) is 2. The Bertz CT molecular complexity index is 588. The fourth-order valence-electron chi connectivity index (χ4n) is 3.25. The van der Waals surface area contributed by atoms with Crippen LogP contribution in [-0.4, -0.2) is 41.0 Å². The maximum atomic E-state index is 13.2. The van der Waals surface area contributed by atoms with Crippen molar-refractivity contribution in [2.45, 2.75) is 56.8 Å². The van der Waals surface area contributed by atoms with Crippen molar-refractivity contribution in [3.05, 3.63) is 0 Å². The van der Waals surface area contributed by atoms with Crippen molar-refractivity contribution >= 4 is 11.8 Å². The summed E-state index contributed by atoms with van der Waals surface area (Å²) in [6.07, 6.45) is -3.60. The highest BCUT2D eigenvalue weighted by Gasteiger charge is 2.70. The zero-order chi connectivity index (χ0) is 17.0. The van der Waals surface area contributed by atoms with E-state index in [2.05, 4.69) is 5.32 Å². The predicted octanol–water partition coefficient (Wildman–Crippen LogP) is 1.74. The van der Waals surface area contributed by atoms with Crippen LogP contribution < -0.4 is 5.32 Å². The lowest BCUT2D eigenvalue weighted by molar-refractivity contribution is -0.199. The van der Waals surface area contributed by atoms with E-state index in [4.69, 9.17) is 5.26 Å². The van der Waals surface area contributed by atoms with Gasteiger partial charge in [0, 0.05) is 6.54 Å². The number of nitrogens with one attached hydrogen (secondary N) is 1. The molecule has 3 aliphatic rings. The molecule has 3 fully saturated rings. The van der Waals surface area contributed by atoms with Gasteiger partial charge in [0.1, 0.15) is 17.0 Å². The lowest BCUT2D eigenvalue weighted by atomic mass is 10.0. The summed E-state index contributed by atoms with van der Waals surface area (Å²) in [7, 11) is 0. The van der Waals surface area contributed by atoms with Gasteiger partial charge in [-0.15, -0.1) is 0 Å². The molecule has 0 aromatic rings. The molecule has 23 heavy (non-hydrogen) atoms. The van der Waals surface area contributed by atoms with Gasteiger partial charge in [0.15, 0.2) is 0 Å². The molecule has 126 valence electrons. The highest BCUT2D eigenvalue weighted by atomic mass is 19.4. The summed E-state index contributed by atoms with van der Waals surface area (Å²) in [6, 6.07) is 1.10. The van der Waals surface area contributed by atoms with Crippen LogP contribution in [0.1, 0.15) is 39.0 Å². The molecule has 1 aliphatic heterocycles. The standard InChI is InChI=1S/C15H18F3N3O2/c1-9-6-10(11(22)20-13(8-19)2-3-13)21(7-9)12(23)14(4-5-14)15(16,17)18/h9-10H,2-7H2,1H3,(H,20,22)/t9?,10-/m0/s1. The third kappa shape index (κ3) is 2.56. The first-order valence-electron chi connectivity index (χ1n) is 7.75. The minimum absolute atomic E-state index is 0.0454. The normalized spacial score (nSPS) is 30.5. The van der Waals surface area contributed by atoms with Gasteiger partial charge in [0.25, 0.3) is 0 Å². The average Bonchev–Trinajstić information content (AvgIpc) is 3.36. The molecule has 2 aliphatic carbocycles. The van der Waals surface area contributed by atoms with Crippen molar-refractivity contribution in [1.29, 1.82) is 5.26 Å². The third-order valence-corrected chi connectivity index (χ3v) is 5.10. The van der Waals surface area contributed by atoms with E-state index in [9.17, 15) is 22.8 Å². The predicted molar refractivity (Wildman–Crippen MR) is 72.7 cm³/mol. The molecular weight excluding hydrogens is 311 g/mol. The van der Waals surface area contributed by atoms with E-state index in [-0.39, 0.29) is 25.3 Å². The van der Waals surface area contributed by atoms with Crippen LogP contribution in [0.25, 0.3) is 0 Å². The molecule has 0 aromatic carbocycles.